The number of allylic oxidation sites excluding steroid dienone is 1. The van der Waals surface area contributed by atoms with Gasteiger partial charge in [-0.3, -0.25) is 4.79 Å². The molecule has 0 amide bonds. The third-order valence-corrected chi connectivity index (χ3v) is 2.83. The van der Waals surface area contributed by atoms with Crippen molar-refractivity contribution in [2.75, 3.05) is 6.61 Å². The minimum absolute atomic E-state index is 0.199. The van der Waals surface area contributed by atoms with E-state index in [1.165, 1.54) is 6.08 Å². The Morgan fingerprint density at radius 1 is 1.23 bits per heavy atom. The van der Waals surface area contributed by atoms with Crippen LogP contribution in [0.25, 0.3) is 0 Å². The van der Waals surface area contributed by atoms with E-state index in [1.54, 1.807) is 26.8 Å². The molecule has 1 radical (unpaired) electrons. The number of esters is 2. The fourth-order valence-corrected chi connectivity index (χ4v) is 1.74. The fourth-order valence-electron chi connectivity index (χ4n) is 1.74. The molecule has 1 atom stereocenters. The second kappa shape index (κ2) is 10.2. The number of hydrogen-bond acceptors (Lipinski definition) is 4. The molecule has 0 N–H and O–H groups in total. The highest BCUT2D eigenvalue weighted by Gasteiger charge is 2.26. The first-order chi connectivity index (χ1) is 10.2. The molecule has 0 heterocycles. The van der Waals surface area contributed by atoms with Crippen LogP contribution in [-0.4, -0.2) is 24.1 Å². The molecular formula is C18H29O4. The van der Waals surface area contributed by atoms with Gasteiger partial charge in [0.25, 0.3) is 0 Å². The van der Waals surface area contributed by atoms with Gasteiger partial charge in [-0.15, -0.1) is 0 Å². The van der Waals surface area contributed by atoms with Gasteiger partial charge in [-0.2, -0.15) is 0 Å². The van der Waals surface area contributed by atoms with Crippen LogP contribution in [0.5, 0.6) is 0 Å². The molecule has 0 aromatic heterocycles. The summed E-state index contributed by atoms with van der Waals surface area (Å²) < 4.78 is 10.5. The summed E-state index contributed by atoms with van der Waals surface area (Å²) in [6.07, 6.45) is 5.71. The molecule has 0 bridgehead atoms. The molecule has 0 aliphatic rings. The molecule has 4 heteroatoms. The second-order valence-corrected chi connectivity index (χ2v) is 6.16. The number of ether oxygens (including phenoxy) is 2. The van der Waals surface area contributed by atoms with E-state index in [9.17, 15) is 9.59 Å². The Balaban J connectivity index is 4.83. The monoisotopic (exact) mass is 309 g/mol. The Morgan fingerprint density at radius 2 is 1.86 bits per heavy atom. The van der Waals surface area contributed by atoms with Crippen molar-refractivity contribution in [2.24, 2.45) is 5.92 Å². The lowest BCUT2D eigenvalue weighted by atomic mass is 9.98. The summed E-state index contributed by atoms with van der Waals surface area (Å²) in [6.45, 7) is 15.3. The van der Waals surface area contributed by atoms with Gasteiger partial charge >= 0.3 is 11.9 Å². The Morgan fingerprint density at radius 3 is 2.32 bits per heavy atom. The number of carbonyl (C=O) groups excluding carboxylic acids is 2. The maximum absolute atomic E-state index is 12.1. The first-order valence-electron chi connectivity index (χ1n) is 7.89. The van der Waals surface area contributed by atoms with Gasteiger partial charge in [0.15, 0.2) is 0 Å². The van der Waals surface area contributed by atoms with Crippen molar-refractivity contribution in [2.45, 2.75) is 65.9 Å². The minimum Gasteiger partial charge on any atom is -0.462 e. The van der Waals surface area contributed by atoms with Crippen molar-refractivity contribution in [3.8, 4) is 0 Å². The summed E-state index contributed by atoms with van der Waals surface area (Å²) in [5.41, 5.74) is -0.120. The van der Waals surface area contributed by atoms with Crippen LogP contribution < -0.4 is 0 Å². The Bertz CT molecular complexity index is 402. The van der Waals surface area contributed by atoms with Crippen molar-refractivity contribution in [1.82, 2.24) is 0 Å². The van der Waals surface area contributed by atoms with Gasteiger partial charge in [0.2, 0.25) is 0 Å². The molecule has 0 aromatic rings. The summed E-state index contributed by atoms with van der Waals surface area (Å²) in [5, 5.41) is 0. The maximum atomic E-state index is 12.1. The first kappa shape index (κ1) is 20.4. The van der Waals surface area contributed by atoms with Crippen molar-refractivity contribution in [3.05, 3.63) is 24.3 Å². The van der Waals surface area contributed by atoms with Gasteiger partial charge < -0.3 is 9.47 Å². The van der Waals surface area contributed by atoms with Gasteiger partial charge in [0, 0.05) is 5.57 Å². The lowest BCUT2D eigenvalue weighted by Gasteiger charge is -2.22. The maximum Gasteiger partial charge on any atom is 0.333 e. The van der Waals surface area contributed by atoms with Crippen molar-refractivity contribution in [1.29, 1.82) is 0 Å². The van der Waals surface area contributed by atoms with E-state index in [-0.39, 0.29) is 12.4 Å². The predicted molar refractivity (Wildman–Crippen MR) is 87.1 cm³/mol. The summed E-state index contributed by atoms with van der Waals surface area (Å²) in [7, 11) is 0. The van der Waals surface area contributed by atoms with Crippen LogP contribution in [0.2, 0.25) is 0 Å². The van der Waals surface area contributed by atoms with E-state index >= 15 is 0 Å². The van der Waals surface area contributed by atoms with Crippen LogP contribution in [0.15, 0.2) is 17.7 Å². The third-order valence-electron chi connectivity index (χ3n) is 2.83. The molecule has 0 saturated heterocycles. The van der Waals surface area contributed by atoms with Crippen LogP contribution in [0.3, 0.4) is 0 Å². The molecule has 0 fully saturated rings. The van der Waals surface area contributed by atoms with Crippen LogP contribution in [0.4, 0.5) is 0 Å². The molecule has 125 valence electrons. The van der Waals surface area contributed by atoms with Crippen LogP contribution in [0.1, 0.15) is 60.3 Å². The van der Waals surface area contributed by atoms with Gasteiger partial charge in [-0.25, -0.2) is 4.79 Å². The van der Waals surface area contributed by atoms with Gasteiger partial charge in [0.05, 0.1) is 12.5 Å². The highest BCUT2D eigenvalue weighted by Crippen LogP contribution is 2.20. The molecule has 0 aliphatic carbocycles. The smallest absolute Gasteiger partial charge is 0.333 e. The average molecular weight is 309 g/mol. The molecule has 0 spiro atoms. The molecule has 0 aromatic carbocycles. The minimum atomic E-state index is -0.657. The number of carbonyl (C=O) groups is 2. The van der Waals surface area contributed by atoms with E-state index in [4.69, 9.17) is 16.1 Å². The normalized spacial score (nSPS) is 13.4. The van der Waals surface area contributed by atoms with E-state index in [0.29, 0.717) is 18.6 Å². The van der Waals surface area contributed by atoms with Gasteiger partial charge in [-0.1, -0.05) is 39.0 Å². The summed E-state index contributed by atoms with van der Waals surface area (Å²) in [5.74, 6) is -1.47. The van der Waals surface area contributed by atoms with Crippen molar-refractivity contribution in [3.63, 3.8) is 0 Å². The molecular weight excluding hydrogens is 280 g/mol. The third kappa shape index (κ3) is 8.65. The molecule has 0 rings (SSSR count). The van der Waals surface area contributed by atoms with Crippen LogP contribution in [0, 0.1) is 12.5 Å². The Hall–Kier alpha value is -1.58. The molecule has 0 aliphatic heterocycles. The second-order valence-electron chi connectivity index (χ2n) is 6.16. The SMILES string of the molecule is [CH]=CC(CC(=CCC)C(=O)OCCCC)C(=O)OC(C)(C)C. The zero-order chi connectivity index (χ0) is 17.2. The van der Waals surface area contributed by atoms with E-state index in [1.807, 2.05) is 13.8 Å². The Labute approximate surface area is 134 Å². The standard InChI is InChI=1S/C18H29O4/c1-7-10-12-21-16(19)15(11-8-2)13-14(9-3)17(20)22-18(4,5)6/h3,9,11,14H,7-8,10,12-13H2,1-2,4-6H3. The zero-order valence-electron chi connectivity index (χ0n) is 14.5. The largest absolute Gasteiger partial charge is 0.462 e. The van der Waals surface area contributed by atoms with Crippen LogP contribution >= 0.6 is 0 Å². The fraction of sp³-hybridized carbons (Fsp3) is 0.667. The quantitative estimate of drug-likeness (QED) is 0.367. The zero-order valence-corrected chi connectivity index (χ0v) is 14.5. The van der Waals surface area contributed by atoms with E-state index < -0.39 is 17.5 Å². The summed E-state index contributed by atoms with van der Waals surface area (Å²) >= 11 is 0. The lowest BCUT2D eigenvalue weighted by molar-refractivity contribution is -0.158. The van der Waals surface area contributed by atoms with E-state index in [2.05, 4.69) is 0 Å². The summed E-state index contributed by atoms with van der Waals surface area (Å²) in [6, 6.07) is 0. The molecule has 1 unspecified atom stereocenters. The lowest BCUT2D eigenvalue weighted by Crippen LogP contribution is -2.28. The van der Waals surface area contributed by atoms with Crippen molar-refractivity contribution < 1.29 is 19.1 Å². The highest BCUT2D eigenvalue weighted by atomic mass is 16.6. The first-order valence-corrected chi connectivity index (χ1v) is 7.89. The number of rotatable bonds is 9. The van der Waals surface area contributed by atoms with E-state index in [0.717, 1.165) is 12.8 Å². The number of unbranched alkanes of at least 4 members (excludes halogenated alkanes) is 1. The predicted octanol–water partition coefficient (Wildman–Crippen LogP) is 4.00. The van der Waals surface area contributed by atoms with Crippen molar-refractivity contribution >= 4 is 11.9 Å². The molecule has 0 saturated carbocycles. The molecule has 22 heavy (non-hydrogen) atoms. The number of hydrogen-bond donors (Lipinski definition) is 0. The van der Waals surface area contributed by atoms with Crippen LogP contribution in [-0.2, 0) is 19.1 Å². The molecule has 4 nitrogen and oxygen atoms in total. The Kier molecular flexibility index (Phi) is 9.46. The van der Waals surface area contributed by atoms with Gasteiger partial charge in [0.1, 0.15) is 5.60 Å². The summed E-state index contributed by atoms with van der Waals surface area (Å²) in [4.78, 5) is 24.2. The topological polar surface area (TPSA) is 52.6 Å². The van der Waals surface area contributed by atoms with Gasteiger partial charge in [-0.05, 0) is 40.0 Å². The average Bonchev–Trinajstić information content (AvgIpc) is 2.41. The highest BCUT2D eigenvalue weighted by molar-refractivity contribution is 5.89.